The Labute approximate surface area is 108 Å². The first-order valence-electron chi connectivity index (χ1n) is 4.95. The maximum absolute atomic E-state index is 12.2. The minimum atomic E-state index is -3.77. The van der Waals surface area contributed by atoms with Crippen molar-refractivity contribution in [2.24, 2.45) is 0 Å². The predicted molar refractivity (Wildman–Crippen MR) is 68.8 cm³/mol. The summed E-state index contributed by atoms with van der Waals surface area (Å²) in [5, 5.41) is 6.96. The second kappa shape index (κ2) is 4.50. The van der Waals surface area contributed by atoms with Gasteiger partial charge in [0.15, 0.2) is 0 Å². The number of hydrogen-bond acceptors (Lipinski definition) is 7. The van der Waals surface area contributed by atoms with Gasteiger partial charge in [-0.05, 0) is 30.2 Å². The highest BCUT2D eigenvalue weighted by molar-refractivity contribution is 7.93. The molecule has 0 unspecified atom stereocenters. The molecule has 96 valence electrons. The summed E-state index contributed by atoms with van der Waals surface area (Å²) in [5.74, 6) is 0. The molecule has 2 aromatic rings. The number of nitrogens with one attached hydrogen (secondary N) is 1. The van der Waals surface area contributed by atoms with Crippen molar-refractivity contribution >= 4 is 32.4 Å². The Morgan fingerprint density at radius 2 is 1.94 bits per heavy atom. The van der Waals surface area contributed by atoms with E-state index in [0.29, 0.717) is 11.1 Å². The molecule has 2 rings (SSSR count). The molecule has 0 saturated carbocycles. The summed E-state index contributed by atoms with van der Waals surface area (Å²) in [7, 11) is -3.77. The van der Waals surface area contributed by atoms with E-state index in [1.165, 1.54) is 0 Å². The molecular weight excluding hydrogens is 274 g/mol. The van der Waals surface area contributed by atoms with Crippen molar-refractivity contribution in [2.45, 2.75) is 18.7 Å². The number of rotatable bonds is 3. The molecule has 0 bridgehead atoms. The molecule has 0 fully saturated rings. The molecule has 0 spiro atoms. The summed E-state index contributed by atoms with van der Waals surface area (Å²) in [5.41, 5.74) is 7.34. The van der Waals surface area contributed by atoms with Crippen LogP contribution in [0.4, 0.5) is 10.8 Å². The lowest BCUT2D eigenvalue weighted by molar-refractivity contribution is 0.601. The number of aromatic nitrogens is 3. The van der Waals surface area contributed by atoms with Crippen molar-refractivity contribution < 1.29 is 8.42 Å². The Morgan fingerprint density at radius 3 is 2.56 bits per heavy atom. The summed E-state index contributed by atoms with van der Waals surface area (Å²) in [6, 6.07) is 3.48. The SMILES string of the molecule is Cc1ccc(C)c(S(=O)(=O)Nc2nnns2)c1N. The van der Waals surface area contributed by atoms with Crippen molar-refractivity contribution in [1.29, 1.82) is 0 Å². The molecule has 9 heteroatoms. The van der Waals surface area contributed by atoms with Gasteiger partial charge in [-0.2, -0.15) is 0 Å². The minimum Gasteiger partial charge on any atom is -0.397 e. The van der Waals surface area contributed by atoms with Gasteiger partial charge in [0.25, 0.3) is 10.0 Å². The average molecular weight is 285 g/mol. The van der Waals surface area contributed by atoms with Crippen LogP contribution >= 0.6 is 11.5 Å². The molecule has 0 aliphatic rings. The van der Waals surface area contributed by atoms with Crippen molar-refractivity contribution in [1.82, 2.24) is 14.8 Å². The highest BCUT2D eigenvalue weighted by Gasteiger charge is 2.22. The van der Waals surface area contributed by atoms with E-state index in [4.69, 9.17) is 5.73 Å². The molecule has 1 heterocycles. The number of hydrogen-bond donors (Lipinski definition) is 2. The van der Waals surface area contributed by atoms with E-state index < -0.39 is 10.0 Å². The highest BCUT2D eigenvalue weighted by Crippen LogP contribution is 2.27. The Kier molecular flexibility index (Phi) is 3.18. The Hall–Kier alpha value is -1.74. The number of anilines is 2. The average Bonchev–Trinajstić information content (AvgIpc) is 2.75. The van der Waals surface area contributed by atoms with Gasteiger partial charge in [0.05, 0.1) is 5.69 Å². The van der Waals surface area contributed by atoms with Gasteiger partial charge in [0.2, 0.25) is 5.13 Å². The van der Waals surface area contributed by atoms with Gasteiger partial charge in [-0.3, -0.25) is 4.72 Å². The van der Waals surface area contributed by atoms with Gasteiger partial charge >= 0.3 is 0 Å². The maximum atomic E-state index is 12.2. The van der Waals surface area contributed by atoms with Gasteiger partial charge in [0, 0.05) is 11.5 Å². The topological polar surface area (TPSA) is 111 Å². The molecule has 0 aliphatic heterocycles. The lowest BCUT2D eigenvalue weighted by Gasteiger charge is -2.12. The van der Waals surface area contributed by atoms with Gasteiger partial charge in [-0.1, -0.05) is 21.7 Å². The summed E-state index contributed by atoms with van der Waals surface area (Å²) < 4.78 is 30.2. The fourth-order valence-corrected chi connectivity index (χ4v) is 3.52. The summed E-state index contributed by atoms with van der Waals surface area (Å²) in [6.07, 6.45) is 0. The number of benzene rings is 1. The lowest BCUT2D eigenvalue weighted by atomic mass is 10.1. The number of aryl methyl sites for hydroxylation is 2. The van der Waals surface area contributed by atoms with Crippen LogP contribution in [0, 0.1) is 13.8 Å². The maximum Gasteiger partial charge on any atom is 0.266 e. The fraction of sp³-hybridized carbons (Fsp3) is 0.222. The van der Waals surface area contributed by atoms with E-state index in [1.807, 2.05) is 0 Å². The van der Waals surface area contributed by atoms with Crippen molar-refractivity contribution in [3.05, 3.63) is 23.3 Å². The number of nitrogens with two attached hydrogens (primary N) is 1. The molecule has 7 nitrogen and oxygen atoms in total. The lowest BCUT2D eigenvalue weighted by Crippen LogP contribution is -2.16. The van der Waals surface area contributed by atoms with E-state index in [2.05, 4.69) is 19.5 Å². The Morgan fingerprint density at radius 1 is 1.28 bits per heavy atom. The molecule has 0 amide bonds. The van der Waals surface area contributed by atoms with Crippen molar-refractivity contribution in [3.63, 3.8) is 0 Å². The molecular formula is C9H11N5O2S2. The van der Waals surface area contributed by atoms with Crippen LogP contribution in [0.15, 0.2) is 17.0 Å². The second-order valence-electron chi connectivity index (χ2n) is 3.72. The smallest absolute Gasteiger partial charge is 0.266 e. The monoisotopic (exact) mass is 285 g/mol. The van der Waals surface area contributed by atoms with E-state index in [-0.39, 0.29) is 15.7 Å². The van der Waals surface area contributed by atoms with Crippen LogP contribution < -0.4 is 10.5 Å². The first kappa shape index (κ1) is 12.7. The first-order chi connectivity index (χ1) is 8.42. The van der Waals surface area contributed by atoms with Gasteiger partial charge < -0.3 is 5.73 Å². The minimum absolute atomic E-state index is 0.0673. The molecule has 0 atom stereocenters. The zero-order chi connectivity index (χ0) is 13.3. The van der Waals surface area contributed by atoms with Crippen LogP contribution in [0.1, 0.15) is 11.1 Å². The van der Waals surface area contributed by atoms with Crippen LogP contribution in [-0.4, -0.2) is 23.2 Å². The fourth-order valence-electron chi connectivity index (χ4n) is 1.50. The van der Waals surface area contributed by atoms with E-state index in [0.717, 1.165) is 11.5 Å². The molecule has 0 radical (unpaired) electrons. The highest BCUT2D eigenvalue weighted by atomic mass is 32.2. The van der Waals surface area contributed by atoms with Crippen LogP contribution in [0.25, 0.3) is 0 Å². The molecule has 3 N–H and O–H groups in total. The third-order valence-corrected chi connectivity index (χ3v) is 4.58. The predicted octanol–water partition coefficient (Wildman–Crippen LogP) is 0.933. The largest absolute Gasteiger partial charge is 0.397 e. The second-order valence-corrected chi connectivity index (χ2v) is 6.07. The number of sulfonamides is 1. The van der Waals surface area contributed by atoms with E-state index >= 15 is 0 Å². The summed E-state index contributed by atoms with van der Waals surface area (Å²) in [6.45, 7) is 3.43. The van der Waals surface area contributed by atoms with E-state index in [9.17, 15) is 8.42 Å². The quantitative estimate of drug-likeness (QED) is 0.812. The number of nitrogens with zero attached hydrogens (tertiary/aromatic N) is 3. The standard InChI is InChI=1S/C9H11N5O2S2/c1-5-3-4-6(2)8(7(5)10)18(15,16)12-9-11-13-14-17-9/h3-4H,10H2,1-2H3,(H,11,12,14). The van der Waals surface area contributed by atoms with Crippen LogP contribution in [0.5, 0.6) is 0 Å². The van der Waals surface area contributed by atoms with Crippen molar-refractivity contribution in [3.8, 4) is 0 Å². The molecule has 18 heavy (non-hydrogen) atoms. The van der Waals surface area contributed by atoms with Crippen LogP contribution in [-0.2, 0) is 10.0 Å². The van der Waals surface area contributed by atoms with Gasteiger partial charge in [-0.25, -0.2) is 8.42 Å². The molecule has 0 aliphatic carbocycles. The third-order valence-electron chi connectivity index (χ3n) is 2.40. The van der Waals surface area contributed by atoms with E-state index in [1.54, 1.807) is 26.0 Å². The Balaban J connectivity index is 2.51. The third kappa shape index (κ3) is 2.27. The molecule has 0 saturated heterocycles. The summed E-state index contributed by atoms with van der Waals surface area (Å²) >= 11 is 0.857. The zero-order valence-corrected chi connectivity index (χ0v) is 11.3. The molecule has 1 aromatic carbocycles. The normalized spacial score (nSPS) is 11.4. The van der Waals surface area contributed by atoms with Crippen LogP contribution in [0.3, 0.4) is 0 Å². The Bertz CT molecular complexity index is 667. The summed E-state index contributed by atoms with van der Waals surface area (Å²) in [4.78, 5) is 0.0673. The van der Waals surface area contributed by atoms with Gasteiger partial charge in [-0.15, -0.1) is 0 Å². The van der Waals surface area contributed by atoms with Gasteiger partial charge in [0.1, 0.15) is 4.90 Å². The first-order valence-corrected chi connectivity index (χ1v) is 7.21. The van der Waals surface area contributed by atoms with Crippen LogP contribution in [0.2, 0.25) is 0 Å². The molecule has 1 aromatic heterocycles. The van der Waals surface area contributed by atoms with Crippen molar-refractivity contribution in [2.75, 3.05) is 10.5 Å². The zero-order valence-electron chi connectivity index (χ0n) is 9.71. The number of nitrogen functional groups attached to an aromatic ring is 1.